The van der Waals surface area contributed by atoms with Crippen LogP contribution in [0, 0.1) is 11.7 Å². The summed E-state index contributed by atoms with van der Waals surface area (Å²) in [7, 11) is 0. The van der Waals surface area contributed by atoms with Crippen LogP contribution in [0.5, 0.6) is 0 Å². The second-order valence-corrected chi connectivity index (χ2v) is 7.85. The number of rotatable bonds is 5. The first-order valence-corrected chi connectivity index (χ1v) is 10.3. The normalized spacial score (nSPS) is 15.3. The Kier molecular flexibility index (Phi) is 5.47. The molecule has 1 aliphatic rings. The monoisotopic (exact) mass is 378 g/mol. The minimum Gasteiger partial charge on any atom is -0.347 e. The van der Waals surface area contributed by atoms with Gasteiger partial charge in [-0.05, 0) is 73.6 Å². The van der Waals surface area contributed by atoms with Crippen LogP contribution in [0.2, 0.25) is 0 Å². The Morgan fingerprint density at radius 1 is 1.07 bits per heavy atom. The predicted octanol–water partition coefficient (Wildman–Crippen LogP) is 5.29. The Hall–Kier alpha value is -2.62. The van der Waals surface area contributed by atoms with Crippen molar-refractivity contribution in [1.29, 1.82) is 0 Å². The summed E-state index contributed by atoms with van der Waals surface area (Å²) in [5.74, 6) is 0.497. The van der Waals surface area contributed by atoms with E-state index in [1.807, 2.05) is 29.2 Å². The molecule has 3 nitrogen and oxygen atoms in total. The summed E-state index contributed by atoms with van der Waals surface area (Å²) in [5.41, 5.74) is 3.14. The Labute approximate surface area is 165 Å². The van der Waals surface area contributed by atoms with E-state index in [0.717, 1.165) is 56.3 Å². The molecule has 1 saturated heterocycles. The van der Waals surface area contributed by atoms with E-state index in [2.05, 4.69) is 29.8 Å². The molecule has 0 spiro atoms. The first-order valence-electron chi connectivity index (χ1n) is 10.3. The Morgan fingerprint density at radius 2 is 1.82 bits per heavy atom. The van der Waals surface area contributed by atoms with Crippen LogP contribution in [0.4, 0.5) is 4.39 Å². The van der Waals surface area contributed by atoms with Gasteiger partial charge in [0.15, 0.2) is 0 Å². The zero-order valence-electron chi connectivity index (χ0n) is 16.4. The summed E-state index contributed by atoms with van der Waals surface area (Å²) in [6, 6.07) is 14.9. The van der Waals surface area contributed by atoms with Crippen molar-refractivity contribution in [3.05, 3.63) is 71.7 Å². The molecule has 2 heterocycles. The molecule has 1 aliphatic heterocycles. The van der Waals surface area contributed by atoms with Gasteiger partial charge >= 0.3 is 0 Å². The number of carbonyl (C=O) groups is 1. The summed E-state index contributed by atoms with van der Waals surface area (Å²) >= 11 is 0. The van der Waals surface area contributed by atoms with Crippen LogP contribution < -0.4 is 0 Å². The summed E-state index contributed by atoms with van der Waals surface area (Å²) in [4.78, 5) is 14.9. The van der Waals surface area contributed by atoms with Gasteiger partial charge in [-0.3, -0.25) is 4.79 Å². The van der Waals surface area contributed by atoms with Crippen molar-refractivity contribution >= 4 is 16.8 Å². The standard InChI is InChI=1S/C24H27FN2O/c1-2-12-26-15-11-20-17-21(5-8-23(20)26)24(28)27-13-9-19(10-14-27)16-18-3-6-22(25)7-4-18/h3-8,11,15,17,19H,2,9-10,12-14,16H2,1H3. The Balaban J connectivity index is 1.38. The van der Waals surface area contributed by atoms with E-state index in [9.17, 15) is 9.18 Å². The van der Waals surface area contributed by atoms with Gasteiger partial charge in [0, 0.05) is 42.3 Å². The molecular formula is C24H27FN2O. The van der Waals surface area contributed by atoms with Gasteiger partial charge in [-0.25, -0.2) is 4.39 Å². The number of carbonyl (C=O) groups excluding carboxylic acids is 1. The van der Waals surface area contributed by atoms with E-state index >= 15 is 0 Å². The number of nitrogens with zero attached hydrogens (tertiary/aromatic N) is 2. The largest absolute Gasteiger partial charge is 0.347 e. The van der Waals surface area contributed by atoms with Gasteiger partial charge in [0.1, 0.15) is 5.82 Å². The van der Waals surface area contributed by atoms with Crippen molar-refractivity contribution in [1.82, 2.24) is 9.47 Å². The lowest BCUT2D eigenvalue weighted by atomic mass is 9.90. The van der Waals surface area contributed by atoms with Crippen molar-refractivity contribution < 1.29 is 9.18 Å². The van der Waals surface area contributed by atoms with Gasteiger partial charge in [0.05, 0.1) is 0 Å². The van der Waals surface area contributed by atoms with Crippen LogP contribution in [0.15, 0.2) is 54.7 Å². The highest BCUT2D eigenvalue weighted by atomic mass is 19.1. The summed E-state index contributed by atoms with van der Waals surface area (Å²) in [6.07, 6.45) is 6.15. The average Bonchev–Trinajstić information content (AvgIpc) is 3.12. The third-order valence-corrected chi connectivity index (χ3v) is 5.82. The molecule has 3 aromatic rings. The number of hydrogen-bond donors (Lipinski definition) is 0. The van der Waals surface area contributed by atoms with Crippen LogP contribution in [-0.4, -0.2) is 28.5 Å². The molecule has 146 valence electrons. The van der Waals surface area contributed by atoms with Gasteiger partial charge in [0.2, 0.25) is 0 Å². The molecule has 0 aliphatic carbocycles. The molecule has 0 bridgehead atoms. The maximum absolute atomic E-state index is 13.1. The summed E-state index contributed by atoms with van der Waals surface area (Å²) in [5, 5.41) is 1.13. The molecule has 0 radical (unpaired) electrons. The first kappa shape index (κ1) is 18.7. The maximum Gasteiger partial charge on any atom is 0.253 e. The van der Waals surface area contributed by atoms with E-state index in [0.29, 0.717) is 5.92 Å². The van der Waals surface area contributed by atoms with Crippen LogP contribution in [0.25, 0.3) is 10.9 Å². The molecule has 1 fully saturated rings. The molecule has 1 aromatic heterocycles. The van der Waals surface area contributed by atoms with Gasteiger partial charge in [-0.2, -0.15) is 0 Å². The second-order valence-electron chi connectivity index (χ2n) is 7.85. The van der Waals surface area contributed by atoms with Gasteiger partial charge in [-0.1, -0.05) is 19.1 Å². The molecule has 28 heavy (non-hydrogen) atoms. The number of fused-ring (bicyclic) bond motifs is 1. The van der Waals surface area contributed by atoms with E-state index in [1.165, 1.54) is 23.2 Å². The van der Waals surface area contributed by atoms with E-state index in [-0.39, 0.29) is 11.7 Å². The van der Waals surface area contributed by atoms with E-state index in [1.54, 1.807) is 0 Å². The molecule has 0 unspecified atom stereocenters. The molecule has 0 atom stereocenters. The summed E-state index contributed by atoms with van der Waals surface area (Å²) in [6.45, 7) is 4.75. The first-order chi connectivity index (χ1) is 13.6. The Morgan fingerprint density at radius 3 is 2.54 bits per heavy atom. The van der Waals surface area contributed by atoms with Gasteiger partial charge in [0.25, 0.3) is 5.91 Å². The molecule has 0 N–H and O–H groups in total. The lowest BCUT2D eigenvalue weighted by Crippen LogP contribution is -2.38. The summed E-state index contributed by atoms with van der Waals surface area (Å²) < 4.78 is 15.3. The molecule has 2 aromatic carbocycles. The maximum atomic E-state index is 13.1. The lowest BCUT2D eigenvalue weighted by molar-refractivity contribution is 0.0690. The Bertz CT molecular complexity index is 952. The van der Waals surface area contributed by atoms with Crippen LogP contribution in [0.1, 0.15) is 42.1 Å². The highest BCUT2D eigenvalue weighted by Crippen LogP contribution is 2.24. The quantitative estimate of drug-likeness (QED) is 0.592. The predicted molar refractivity (Wildman–Crippen MR) is 111 cm³/mol. The third kappa shape index (κ3) is 3.96. The molecule has 4 rings (SSSR count). The highest BCUT2D eigenvalue weighted by Gasteiger charge is 2.24. The van der Waals surface area contributed by atoms with Crippen molar-refractivity contribution in [3.63, 3.8) is 0 Å². The minimum atomic E-state index is -0.189. The fourth-order valence-corrected chi connectivity index (χ4v) is 4.25. The van der Waals surface area contributed by atoms with Crippen molar-refractivity contribution in [2.75, 3.05) is 13.1 Å². The van der Waals surface area contributed by atoms with Crippen molar-refractivity contribution in [3.8, 4) is 0 Å². The highest BCUT2D eigenvalue weighted by molar-refractivity contribution is 5.98. The fourth-order valence-electron chi connectivity index (χ4n) is 4.25. The number of aromatic nitrogens is 1. The van der Waals surface area contributed by atoms with Gasteiger partial charge in [-0.15, -0.1) is 0 Å². The molecule has 1 amide bonds. The number of benzene rings is 2. The number of halogens is 1. The SMILES string of the molecule is CCCn1ccc2cc(C(=O)N3CCC(Cc4ccc(F)cc4)CC3)ccc21. The number of piperidine rings is 1. The van der Waals surface area contributed by atoms with Crippen LogP contribution in [0.3, 0.4) is 0 Å². The minimum absolute atomic E-state index is 0.130. The second kappa shape index (κ2) is 8.17. The number of amides is 1. The molecular weight excluding hydrogens is 351 g/mol. The van der Waals surface area contributed by atoms with E-state index in [4.69, 9.17) is 0 Å². The van der Waals surface area contributed by atoms with Gasteiger partial charge < -0.3 is 9.47 Å². The smallest absolute Gasteiger partial charge is 0.253 e. The zero-order valence-corrected chi connectivity index (χ0v) is 16.4. The van der Waals surface area contributed by atoms with Crippen molar-refractivity contribution in [2.24, 2.45) is 5.92 Å². The third-order valence-electron chi connectivity index (χ3n) is 5.82. The zero-order chi connectivity index (χ0) is 19.5. The van der Waals surface area contributed by atoms with E-state index < -0.39 is 0 Å². The van der Waals surface area contributed by atoms with Crippen LogP contribution >= 0.6 is 0 Å². The number of likely N-dealkylation sites (tertiary alicyclic amines) is 1. The number of aryl methyl sites for hydroxylation is 1. The lowest BCUT2D eigenvalue weighted by Gasteiger charge is -2.32. The molecule has 0 saturated carbocycles. The average molecular weight is 378 g/mol. The van der Waals surface area contributed by atoms with Crippen molar-refractivity contribution in [2.45, 2.75) is 39.2 Å². The van der Waals surface area contributed by atoms with Crippen LogP contribution in [-0.2, 0) is 13.0 Å². The molecule has 4 heteroatoms. The fraction of sp³-hybridized carbons (Fsp3) is 0.375. The number of hydrogen-bond acceptors (Lipinski definition) is 1. The topological polar surface area (TPSA) is 25.2 Å².